The summed E-state index contributed by atoms with van der Waals surface area (Å²) in [7, 11) is 1.75. The number of aliphatic imine (C=N–C) groups is 1. The minimum atomic E-state index is 0. The molecule has 1 N–H and O–H groups in total. The largest absolute Gasteiger partial charge is 0.512 e. The van der Waals surface area contributed by atoms with E-state index in [1.165, 1.54) is 60.3 Å². The summed E-state index contributed by atoms with van der Waals surface area (Å²) in [5.74, 6) is 0.959. The van der Waals surface area contributed by atoms with Gasteiger partial charge in [0.15, 0.2) is 0 Å². The van der Waals surface area contributed by atoms with Crippen molar-refractivity contribution < 1.29 is 25.2 Å². The average molecular weight is 888 g/mol. The number of rotatable bonds is 4. The van der Waals surface area contributed by atoms with Gasteiger partial charge in [0.05, 0.1) is 5.76 Å². The molecule has 6 aromatic rings. The van der Waals surface area contributed by atoms with Crippen LogP contribution >= 0.6 is 11.3 Å². The summed E-state index contributed by atoms with van der Waals surface area (Å²) in [6.45, 7) is 24.6. The molecule has 0 atom stereocenters. The number of allylic oxidation sites excluding steroid dienone is 2. The Kier molecular flexibility index (Phi) is 11.3. The summed E-state index contributed by atoms with van der Waals surface area (Å²) in [4.78, 5) is 9.05. The maximum absolute atomic E-state index is 9.46. The molecule has 0 fully saturated rings. The number of pyridine rings is 1. The van der Waals surface area contributed by atoms with Gasteiger partial charge in [0.1, 0.15) is 0 Å². The minimum Gasteiger partial charge on any atom is -0.512 e. The molecule has 0 aliphatic heterocycles. The molecule has 2 heterocycles. The Morgan fingerprint density at radius 3 is 2.21 bits per heavy atom. The van der Waals surface area contributed by atoms with Crippen molar-refractivity contribution in [2.45, 2.75) is 105 Å². The molecule has 0 spiro atoms. The minimum absolute atomic E-state index is 0. The normalized spacial score (nSPS) is 16.0. The van der Waals surface area contributed by atoms with E-state index in [0.29, 0.717) is 11.7 Å². The molecule has 1 aliphatic carbocycles. The van der Waals surface area contributed by atoms with Crippen LogP contribution in [-0.2, 0) is 36.4 Å². The Balaban J connectivity index is 0.000000349. The molecule has 0 saturated carbocycles. The van der Waals surface area contributed by atoms with Gasteiger partial charge in [0.2, 0.25) is 0 Å². The zero-order chi connectivity index (χ0) is 37.0. The maximum atomic E-state index is 9.46. The van der Waals surface area contributed by atoms with Gasteiger partial charge in [0, 0.05) is 70.8 Å². The molecule has 52 heavy (non-hydrogen) atoms. The molecular formula is C47H55IrN2OS-. The second kappa shape index (κ2) is 14.8. The van der Waals surface area contributed by atoms with Gasteiger partial charge < -0.3 is 5.11 Å². The van der Waals surface area contributed by atoms with Crippen molar-refractivity contribution in [3.63, 3.8) is 0 Å². The molecule has 1 aliphatic rings. The zero-order valence-corrected chi connectivity index (χ0v) is 36.3. The second-order valence-corrected chi connectivity index (χ2v) is 18.4. The fraction of sp³-hybridized carbons (Fsp3) is 0.404. The number of fused-ring (bicyclic) bond motifs is 7. The maximum Gasteiger partial charge on any atom is 0.0965 e. The molecule has 3 nitrogen and oxygen atoms in total. The van der Waals surface area contributed by atoms with Crippen LogP contribution in [0.25, 0.3) is 53.0 Å². The van der Waals surface area contributed by atoms with Crippen molar-refractivity contribution in [2.24, 2.45) is 16.8 Å². The summed E-state index contributed by atoms with van der Waals surface area (Å²) >= 11 is 1.98. The van der Waals surface area contributed by atoms with E-state index in [2.05, 4.69) is 134 Å². The van der Waals surface area contributed by atoms with Crippen LogP contribution in [-0.4, -0.2) is 22.8 Å². The molecule has 275 valence electrons. The first-order chi connectivity index (χ1) is 23.9. The molecule has 0 unspecified atom stereocenters. The number of thiophene rings is 1. The standard InChI is InChI=1S/C37H36NS.C10H19NO.Ir/c1-35(2,3)30-19-24(18-22-10-8-9-11-25(22)30)33-27-21-28-26-12-13-29-32(37(6,7)16-15-36(29,4)5)34(26)39-31(28)20-23(27)14-17-38-33;1-7(2)9(11-5)6-10(12)8(3)4;/h8-14,17,19-21H,15-16H2,1-7H3;6-8,12H,1-5H3;/q-1;;/b;10-6-,11-9?;. The van der Waals surface area contributed by atoms with Crippen molar-refractivity contribution in [2.75, 3.05) is 7.05 Å². The van der Waals surface area contributed by atoms with E-state index in [4.69, 9.17) is 4.98 Å². The van der Waals surface area contributed by atoms with Crippen LogP contribution in [0.4, 0.5) is 0 Å². The molecule has 2 aromatic heterocycles. The van der Waals surface area contributed by atoms with E-state index in [0.717, 1.165) is 22.4 Å². The average Bonchev–Trinajstić information content (AvgIpc) is 3.44. The van der Waals surface area contributed by atoms with Gasteiger partial charge in [-0.1, -0.05) is 124 Å². The van der Waals surface area contributed by atoms with Crippen LogP contribution in [0.2, 0.25) is 0 Å². The molecule has 7 rings (SSSR count). The van der Waals surface area contributed by atoms with E-state index < -0.39 is 0 Å². The van der Waals surface area contributed by atoms with Crippen LogP contribution in [0.1, 0.15) is 106 Å². The first kappa shape index (κ1) is 39.8. The van der Waals surface area contributed by atoms with Crippen LogP contribution in [0.15, 0.2) is 83.7 Å². The Labute approximate surface area is 329 Å². The third-order valence-electron chi connectivity index (χ3n) is 10.9. The number of aliphatic hydroxyl groups excluding tert-OH is 1. The van der Waals surface area contributed by atoms with E-state index in [-0.39, 0.29) is 42.3 Å². The van der Waals surface area contributed by atoms with Crippen LogP contribution in [0, 0.1) is 17.9 Å². The van der Waals surface area contributed by atoms with Gasteiger partial charge in [0.25, 0.3) is 0 Å². The molecule has 0 saturated heterocycles. The summed E-state index contributed by atoms with van der Waals surface area (Å²) in [6.07, 6.45) is 6.19. The van der Waals surface area contributed by atoms with E-state index in [1.807, 2.05) is 31.4 Å². The van der Waals surface area contributed by atoms with Gasteiger partial charge in [-0.3, -0.25) is 9.98 Å². The number of benzene rings is 4. The van der Waals surface area contributed by atoms with Crippen molar-refractivity contribution in [3.8, 4) is 11.3 Å². The summed E-state index contributed by atoms with van der Waals surface area (Å²) in [5.41, 5.74) is 7.89. The zero-order valence-electron chi connectivity index (χ0n) is 33.1. The summed E-state index contributed by atoms with van der Waals surface area (Å²) in [6, 6.07) is 26.4. The third-order valence-corrected chi connectivity index (χ3v) is 12.1. The summed E-state index contributed by atoms with van der Waals surface area (Å²) < 4.78 is 2.83. The fourth-order valence-corrected chi connectivity index (χ4v) is 9.09. The van der Waals surface area contributed by atoms with Crippen molar-refractivity contribution in [1.82, 2.24) is 4.98 Å². The Hall–Kier alpha value is -3.37. The number of aliphatic hydroxyl groups is 1. The number of hydrogen-bond donors (Lipinski definition) is 1. The Bertz CT molecular complexity index is 2330. The van der Waals surface area contributed by atoms with Crippen molar-refractivity contribution >= 4 is 58.8 Å². The van der Waals surface area contributed by atoms with E-state index in [9.17, 15) is 5.11 Å². The fourth-order valence-electron chi connectivity index (χ4n) is 7.63. The molecular weight excluding hydrogens is 833 g/mol. The topological polar surface area (TPSA) is 45.5 Å². The van der Waals surface area contributed by atoms with Crippen LogP contribution in [0.5, 0.6) is 0 Å². The Morgan fingerprint density at radius 1 is 0.865 bits per heavy atom. The van der Waals surface area contributed by atoms with Gasteiger partial charge in [-0.2, -0.15) is 0 Å². The first-order valence-corrected chi connectivity index (χ1v) is 19.4. The van der Waals surface area contributed by atoms with Crippen LogP contribution < -0.4 is 0 Å². The van der Waals surface area contributed by atoms with E-state index >= 15 is 0 Å². The quantitative estimate of drug-likeness (QED) is 0.109. The second-order valence-electron chi connectivity index (χ2n) is 17.4. The predicted octanol–water partition coefficient (Wildman–Crippen LogP) is 13.7. The first-order valence-electron chi connectivity index (χ1n) is 18.5. The smallest absolute Gasteiger partial charge is 0.0965 e. The molecule has 1 radical (unpaired) electrons. The van der Waals surface area contributed by atoms with Gasteiger partial charge in [-0.15, -0.1) is 40.5 Å². The van der Waals surface area contributed by atoms with Gasteiger partial charge >= 0.3 is 0 Å². The number of aromatic nitrogens is 1. The third kappa shape index (κ3) is 7.52. The monoisotopic (exact) mass is 888 g/mol. The molecule has 0 bridgehead atoms. The molecule has 5 heteroatoms. The number of hydrogen-bond acceptors (Lipinski definition) is 4. The van der Waals surface area contributed by atoms with Crippen LogP contribution in [0.3, 0.4) is 0 Å². The van der Waals surface area contributed by atoms with Crippen molar-refractivity contribution in [3.05, 3.63) is 101 Å². The van der Waals surface area contributed by atoms with Crippen molar-refractivity contribution in [1.29, 1.82) is 0 Å². The predicted molar refractivity (Wildman–Crippen MR) is 224 cm³/mol. The van der Waals surface area contributed by atoms with E-state index in [1.54, 1.807) is 18.7 Å². The molecule has 4 aromatic carbocycles. The number of nitrogens with zero attached hydrogens (tertiary/aromatic N) is 2. The molecule has 0 amide bonds. The Morgan fingerprint density at radius 2 is 1.56 bits per heavy atom. The van der Waals surface area contributed by atoms with Gasteiger partial charge in [-0.05, 0) is 75.1 Å². The van der Waals surface area contributed by atoms with Gasteiger partial charge in [-0.25, -0.2) is 0 Å². The summed E-state index contributed by atoms with van der Waals surface area (Å²) in [5, 5.41) is 17.1. The SMILES string of the molecule is CC(C)(C)c1cc(-c2nccc3cc4sc5c6c(ccc5c4cc23)C(C)(C)CCC6(C)C)[c-]c2ccccc12.CN=C(/C=C(\O)C(C)C)C(C)C.[Ir].